The maximum atomic E-state index is 13.2. The molecule has 5 heteroatoms. The standard InChI is InChI=1S/C12H17FN2O.ClH/c1-12(2,14)8-15-11(16)7-9-5-3-4-6-10(9)13;/h3-6H,7-8,14H2,1-2H3,(H,15,16);1H. The molecule has 0 aliphatic heterocycles. The van der Waals surface area contributed by atoms with Crippen molar-refractivity contribution in [2.45, 2.75) is 25.8 Å². The van der Waals surface area contributed by atoms with Crippen molar-refractivity contribution in [1.29, 1.82) is 0 Å². The monoisotopic (exact) mass is 260 g/mol. The molecule has 1 rings (SSSR count). The SMILES string of the molecule is CC(C)(N)CNC(=O)Cc1ccccc1F.Cl. The summed E-state index contributed by atoms with van der Waals surface area (Å²) >= 11 is 0. The Morgan fingerprint density at radius 3 is 2.53 bits per heavy atom. The lowest BCUT2D eigenvalue weighted by Crippen LogP contribution is -2.45. The molecule has 0 saturated carbocycles. The van der Waals surface area contributed by atoms with E-state index in [2.05, 4.69) is 5.32 Å². The molecule has 0 fully saturated rings. The predicted octanol–water partition coefficient (Wildman–Crippen LogP) is 1.64. The average molecular weight is 261 g/mol. The maximum Gasteiger partial charge on any atom is 0.224 e. The van der Waals surface area contributed by atoms with Gasteiger partial charge in [-0.1, -0.05) is 18.2 Å². The van der Waals surface area contributed by atoms with Gasteiger partial charge in [-0.3, -0.25) is 4.79 Å². The van der Waals surface area contributed by atoms with E-state index in [1.54, 1.807) is 18.2 Å². The highest BCUT2D eigenvalue weighted by Gasteiger charge is 2.13. The lowest BCUT2D eigenvalue weighted by molar-refractivity contribution is -0.120. The van der Waals surface area contributed by atoms with Gasteiger partial charge in [0.05, 0.1) is 6.42 Å². The van der Waals surface area contributed by atoms with Gasteiger partial charge in [0.1, 0.15) is 5.82 Å². The molecule has 0 aromatic heterocycles. The van der Waals surface area contributed by atoms with Gasteiger partial charge in [0.25, 0.3) is 0 Å². The highest BCUT2D eigenvalue weighted by molar-refractivity contribution is 5.85. The Kier molecular flexibility index (Phi) is 6.13. The molecule has 96 valence electrons. The minimum Gasteiger partial charge on any atom is -0.354 e. The molecule has 17 heavy (non-hydrogen) atoms. The van der Waals surface area contributed by atoms with E-state index in [0.29, 0.717) is 12.1 Å². The van der Waals surface area contributed by atoms with E-state index in [0.717, 1.165) is 0 Å². The zero-order valence-corrected chi connectivity index (χ0v) is 10.8. The molecule has 3 N–H and O–H groups in total. The second kappa shape index (κ2) is 6.57. The molecule has 3 nitrogen and oxygen atoms in total. The minimum absolute atomic E-state index is 0. The smallest absolute Gasteiger partial charge is 0.224 e. The number of hydrogen-bond donors (Lipinski definition) is 2. The fourth-order valence-corrected chi connectivity index (χ4v) is 1.20. The van der Waals surface area contributed by atoms with Crippen LogP contribution in [-0.2, 0) is 11.2 Å². The van der Waals surface area contributed by atoms with Gasteiger partial charge in [0, 0.05) is 12.1 Å². The van der Waals surface area contributed by atoms with Crippen LogP contribution in [0.25, 0.3) is 0 Å². The van der Waals surface area contributed by atoms with Gasteiger partial charge in [-0.25, -0.2) is 4.39 Å². The Balaban J connectivity index is 0.00000256. The maximum absolute atomic E-state index is 13.2. The van der Waals surface area contributed by atoms with Crippen molar-refractivity contribution in [3.05, 3.63) is 35.6 Å². The third kappa shape index (κ3) is 6.24. The van der Waals surface area contributed by atoms with Gasteiger partial charge in [0.2, 0.25) is 5.91 Å². The second-order valence-electron chi connectivity index (χ2n) is 4.53. The van der Waals surface area contributed by atoms with Gasteiger partial charge in [0.15, 0.2) is 0 Å². The first-order valence-corrected chi connectivity index (χ1v) is 5.17. The molecule has 0 radical (unpaired) electrons. The highest BCUT2D eigenvalue weighted by atomic mass is 35.5. The molecule has 0 atom stereocenters. The van der Waals surface area contributed by atoms with E-state index in [4.69, 9.17) is 5.73 Å². The van der Waals surface area contributed by atoms with Gasteiger partial charge in [-0.15, -0.1) is 12.4 Å². The molecule has 0 spiro atoms. The number of hydrogen-bond acceptors (Lipinski definition) is 2. The normalized spacial score (nSPS) is 10.6. The molecule has 0 heterocycles. The van der Waals surface area contributed by atoms with Crippen molar-refractivity contribution in [2.24, 2.45) is 5.73 Å². The number of benzene rings is 1. The van der Waals surface area contributed by atoms with E-state index in [9.17, 15) is 9.18 Å². The predicted molar refractivity (Wildman–Crippen MR) is 68.6 cm³/mol. The van der Waals surface area contributed by atoms with E-state index in [-0.39, 0.29) is 30.6 Å². The first-order chi connectivity index (χ1) is 7.38. The van der Waals surface area contributed by atoms with Crippen LogP contribution in [0.4, 0.5) is 4.39 Å². The van der Waals surface area contributed by atoms with Crippen LogP contribution in [-0.4, -0.2) is 18.0 Å². The second-order valence-corrected chi connectivity index (χ2v) is 4.53. The molecule has 0 saturated heterocycles. The molecule has 1 aromatic carbocycles. The molecule has 0 unspecified atom stereocenters. The number of carbonyl (C=O) groups is 1. The Hall–Kier alpha value is -1.13. The van der Waals surface area contributed by atoms with Gasteiger partial charge in [-0.05, 0) is 25.5 Å². The summed E-state index contributed by atoms with van der Waals surface area (Å²) in [5, 5.41) is 2.67. The Bertz CT molecular complexity index is 377. The largest absolute Gasteiger partial charge is 0.354 e. The van der Waals surface area contributed by atoms with E-state index in [1.807, 2.05) is 13.8 Å². The molecule has 0 bridgehead atoms. The summed E-state index contributed by atoms with van der Waals surface area (Å²) in [5.74, 6) is -0.576. The van der Waals surface area contributed by atoms with Crippen molar-refractivity contribution < 1.29 is 9.18 Å². The van der Waals surface area contributed by atoms with Crippen molar-refractivity contribution in [3.63, 3.8) is 0 Å². The van der Waals surface area contributed by atoms with Gasteiger partial charge in [-0.2, -0.15) is 0 Å². The van der Waals surface area contributed by atoms with E-state index in [1.165, 1.54) is 6.07 Å². The van der Waals surface area contributed by atoms with Gasteiger partial charge >= 0.3 is 0 Å². The summed E-state index contributed by atoms with van der Waals surface area (Å²) in [6.45, 7) is 4.01. The average Bonchev–Trinajstić information content (AvgIpc) is 2.18. The number of carbonyl (C=O) groups excluding carboxylic acids is 1. The highest BCUT2D eigenvalue weighted by Crippen LogP contribution is 2.06. The Labute approximate surface area is 107 Å². The fraction of sp³-hybridized carbons (Fsp3) is 0.417. The number of nitrogens with one attached hydrogen (secondary N) is 1. The van der Waals surface area contributed by atoms with E-state index >= 15 is 0 Å². The van der Waals surface area contributed by atoms with Crippen molar-refractivity contribution in [2.75, 3.05) is 6.54 Å². The minimum atomic E-state index is -0.453. The van der Waals surface area contributed by atoms with Gasteiger partial charge < -0.3 is 11.1 Å². The zero-order chi connectivity index (χ0) is 12.2. The lowest BCUT2D eigenvalue weighted by Gasteiger charge is -2.18. The number of halogens is 2. The van der Waals surface area contributed by atoms with Crippen LogP contribution in [0.3, 0.4) is 0 Å². The van der Waals surface area contributed by atoms with Crippen molar-refractivity contribution >= 4 is 18.3 Å². The molecular formula is C12H18ClFN2O. The fourth-order valence-electron chi connectivity index (χ4n) is 1.20. The van der Waals surface area contributed by atoms with Crippen LogP contribution in [0.2, 0.25) is 0 Å². The zero-order valence-electron chi connectivity index (χ0n) is 10.00. The summed E-state index contributed by atoms with van der Waals surface area (Å²) < 4.78 is 13.2. The Morgan fingerprint density at radius 2 is 2.00 bits per heavy atom. The van der Waals surface area contributed by atoms with E-state index < -0.39 is 5.54 Å². The molecule has 1 aromatic rings. The third-order valence-electron chi connectivity index (χ3n) is 2.05. The van der Waals surface area contributed by atoms with Crippen LogP contribution in [0.1, 0.15) is 19.4 Å². The van der Waals surface area contributed by atoms with Crippen LogP contribution in [0.15, 0.2) is 24.3 Å². The van der Waals surface area contributed by atoms with Crippen molar-refractivity contribution in [1.82, 2.24) is 5.32 Å². The number of rotatable bonds is 4. The van der Waals surface area contributed by atoms with Crippen LogP contribution >= 0.6 is 12.4 Å². The number of nitrogens with two attached hydrogens (primary N) is 1. The van der Waals surface area contributed by atoms with Crippen LogP contribution in [0, 0.1) is 5.82 Å². The third-order valence-corrected chi connectivity index (χ3v) is 2.05. The topological polar surface area (TPSA) is 55.1 Å². The van der Waals surface area contributed by atoms with Crippen LogP contribution < -0.4 is 11.1 Å². The first-order valence-electron chi connectivity index (χ1n) is 5.17. The molecule has 0 aliphatic carbocycles. The molecule has 1 amide bonds. The molecule has 0 aliphatic rings. The quantitative estimate of drug-likeness (QED) is 0.865. The lowest BCUT2D eigenvalue weighted by atomic mass is 10.1. The summed E-state index contributed by atoms with van der Waals surface area (Å²) in [4.78, 5) is 11.5. The summed E-state index contributed by atoms with van der Waals surface area (Å²) in [6.07, 6.45) is 0.0444. The Morgan fingerprint density at radius 1 is 1.41 bits per heavy atom. The number of amides is 1. The first kappa shape index (κ1) is 15.9. The van der Waals surface area contributed by atoms with Crippen molar-refractivity contribution in [3.8, 4) is 0 Å². The van der Waals surface area contributed by atoms with Crippen LogP contribution in [0.5, 0.6) is 0 Å². The molecular weight excluding hydrogens is 243 g/mol. The summed E-state index contributed by atoms with van der Waals surface area (Å²) in [7, 11) is 0. The summed E-state index contributed by atoms with van der Waals surface area (Å²) in [6, 6.07) is 6.25. The summed E-state index contributed by atoms with van der Waals surface area (Å²) in [5.41, 5.74) is 5.66.